The third-order valence-corrected chi connectivity index (χ3v) is 4.18. The Bertz CT molecular complexity index is 758. The molecule has 1 aliphatic rings. The zero-order valence-corrected chi connectivity index (χ0v) is 13.1. The molecule has 0 amide bonds. The van der Waals surface area contributed by atoms with Crippen molar-refractivity contribution in [3.8, 4) is 0 Å². The molecule has 0 aromatic heterocycles. The van der Waals surface area contributed by atoms with Crippen LogP contribution in [-0.2, 0) is 4.79 Å². The Kier molecular flexibility index (Phi) is 4.38. The molecule has 1 aliphatic carbocycles. The lowest BCUT2D eigenvalue weighted by Crippen LogP contribution is -2.25. The fourth-order valence-corrected chi connectivity index (χ4v) is 2.90. The number of carbonyl (C=O) groups excluding carboxylic acids is 1. The molecule has 0 aliphatic heterocycles. The Morgan fingerprint density at radius 2 is 1.74 bits per heavy atom. The summed E-state index contributed by atoms with van der Waals surface area (Å²) in [7, 11) is 0. The third-order valence-electron chi connectivity index (χ3n) is 4.18. The van der Waals surface area contributed by atoms with Crippen molar-refractivity contribution in [3.63, 3.8) is 0 Å². The first-order valence-corrected chi connectivity index (χ1v) is 7.74. The molecular formula is C20H19NO2. The van der Waals surface area contributed by atoms with Crippen molar-refractivity contribution in [3.05, 3.63) is 77.6 Å². The average molecular weight is 305 g/mol. The third kappa shape index (κ3) is 3.39. The van der Waals surface area contributed by atoms with Gasteiger partial charge < -0.3 is 5.11 Å². The van der Waals surface area contributed by atoms with E-state index in [0.29, 0.717) is 24.1 Å². The normalized spacial score (nSPS) is 21.8. The molecule has 2 aromatic rings. The Morgan fingerprint density at radius 3 is 2.39 bits per heavy atom. The number of benzene rings is 2. The lowest BCUT2D eigenvalue weighted by atomic mass is 9.80. The minimum atomic E-state index is -0.0570. The van der Waals surface area contributed by atoms with E-state index in [-0.39, 0.29) is 11.7 Å². The van der Waals surface area contributed by atoms with E-state index in [1.165, 1.54) is 0 Å². The topological polar surface area (TPSA) is 49.7 Å². The fourth-order valence-electron chi connectivity index (χ4n) is 2.90. The Hall–Kier alpha value is -2.68. The van der Waals surface area contributed by atoms with Gasteiger partial charge in [-0.25, -0.2) is 0 Å². The van der Waals surface area contributed by atoms with E-state index >= 15 is 0 Å². The number of ketones is 1. The second-order valence-electron chi connectivity index (χ2n) is 5.88. The number of nitrogens with zero attached hydrogens (tertiary/aromatic N) is 1. The zero-order chi connectivity index (χ0) is 16.2. The lowest BCUT2D eigenvalue weighted by Gasteiger charge is -2.24. The van der Waals surface area contributed by atoms with Crippen LogP contribution in [0.1, 0.15) is 29.9 Å². The molecular weight excluding hydrogens is 286 g/mol. The van der Waals surface area contributed by atoms with Gasteiger partial charge in [0.25, 0.3) is 0 Å². The second-order valence-corrected chi connectivity index (χ2v) is 5.88. The van der Waals surface area contributed by atoms with E-state index in [2.05, 4.69) is 4.99 Å². The van der Waals surface area contributed by atoms with E-state index in [0.717, 1.165) is 23.1 Å². The number of hydrogen-bond acceptors (Lipinski definition) is 3. The van der Waals surface area contributed by atoms with Crippen LogP contribution in [0.2, 0.25) is 0 Å². The Balaban J connectivity index is 1.95. The number of aliphatic imine (C=N–C) groups is 1. The molecule has 1 saturated carbocycles. The maximum Gasteiger partial charge on any atom is 0.168 e. The van der Waals surface area contributed by atoms with Crippen molar-refractivity contribution in [1.29, 1.82) is 0 Å². The molecule has 2 aromatic carbocycles. The molecule has 0 heterocycles. The van der Waals surface area contributed by atoms with Crippen molar-refractivity contribution < 1.29 is 9.90 Å². The highest BCUT2D eigenvalue weighted by molar-refractivity contribution is 6.24. The summed E-state index contributed by atoms with van der Waals surface area (Å²) in [4.78, 5) is 17.0. The van der Waals surface area contributed by atoms with Crippen molar-refractivity contribution in [1.82, 2.24) is 0 Å². The number of aliphatic hydroxyl groups excluding tert-OH is 1. The molecule has 1 atom stereocenters. The molecule has 0 bridgehead atoms. The van der Waals surface area contributed by atoms with Crippen molar-refractivity contribution in [2.45, 2.75) is 25.7 Å². The van der Waals surface area contributed by atoms with Gasteiger partial charge in [0.05, 0.1) is 23.2 Å². The van der Waals surface area contributed by atoms with Crippen molar-refractivity contribution >= 4 is 17.2 Å². The van der Waals surface area contributed by atoms with Gasteiger partial charge in [-0.05, 0) is 37.0 Å². The number of aryl methyl sites for hydroxylation is 1. The SMILES string of the molecule is Cc1ccc(N=C2C[C@H](c3ccccc3)CC(=O)/C2=C/O)cc1. The number of Topliss-reactive ketones (excluding diaryl/α,β-unsaturated/α-hetero) is 1. The van der Waals surface area contributed by atoms with Gasteiger partial charge in [0.1, 0.15) is 0 Å². The quantitative estimate of drug-likeness (QED) is 0.648. The smallest absolute Gasteiger partial charge is 0.168 e. The van der Waals surface area contributed by atoms with E-state index < -0.39 is 0 Å². The van der Waals surface area contributed by atoms with Crippen LogP contribution in [0, 0.1) is 6.92 Å². The van der Waals surface area contributed by atoms with Crippen LogP contribution in [0.4, 0.5) is 5.69 Å². The van der Waals surface area contributed by atoms with Gasteiger partial charge in [-0.15, -0.1) is 0 Å². The van der Waals surface area contributed by atoms with Crippen LogP contribution in [-0.4, -0.2) is 16.6 Å². The predicted octanol–water partition coefficient (Wildman–Crippen LogP) is 4.66. The molecule has 3 nitrogen and oxygen atoms in total. The van der Waals surface area contributed by atoms with Gasteiger partial charge in [0, 0.05) is 6.42 Å². The number of carbonyl (C=O) groups is 1. The summed E-state index contributed by atoms with van der Waals surface area (Å²) in [5.41, 5.74) is 4.08. The molecule has 1 N–H and O–H groups in total. The molecule has 0 spiro atoms. The molecule has 23 heavy (non-hydrogen) atoms. The maximum absolute atomic E-state index is 12.4. The first kappa shape index (κ1) is 15.2. The van der Waals surface area contributed by atoms with E-state index in [9.17, 15) is 9.90 Å². The van der Waals surface area contributed by atoms with Crippen LogP contribution in [0.15, 0.2) is 71.4 Å². The predicted molar refractivity (Wildman–Crippen MR) is 92.4 cm³/mol. The number of rotatable bonds is 2. The second kappa shape index (κ2) is 6.61. The van der Waals surface area contributed by atoms with Gasteiger partial charge >= 0.3 is 0 Å². The summed E-state index contributed by atoms with van der Waals surface area (Å²) in [6.45, 7) is 2.02. The van der Waals surface area contributed by atoms with Crippen LogP contribution < -0.4 is 0 Å². The highest BCUT2D eigenvalue weighted by Gasteiger charge is 2.30. The maximum atomic E-state index is 12.4. The van der Waals surface area contributed by atoms with Gasteiger partial charge in [-0.3, -0.25) is 9.79 Å². The Labute approximate surface area is 136 Å². The lowest BCUT2D eigenvalue weighted by molar-refractivity contribution is -0.115. The van der Waals surface area contributed by atoms with Crippen LogP contribution in [0.25, 0.3) is 0 Å². The molecule has 3 heteroatoms. The first-order chi connectivity index (χ1) is 11.2. The number of aliphatic hydroxyl groups is 1. The highest BCUT2D eigenvalue weighted by atomic mass is 16.2. The molecule has 0 unspecified atom stereocenters. The molecule has 116 valence electrons. The van der Waals surface area contributed by atoms with E-state index in [4.69, 9.17) is 0 Å². The van der Waals surface area contributed by atoms with E-state index in [1.807, 2.05) is 61.5 Å². The standard InChI is InChI=1S/C20H19NO2/c1-14-7-9-17(10-8-14)21-19-11-16(12-20(23)18(19)13-22)15-5-3-2-4-6-15/h2-10,13,16,22H,11-12H2,1H3/b18-13+,21-19?/t16-/m0/s1. The van der Waals surface area contributed by atoms with E-state index in [1.54, 1.807) is 0 Å². The monoisotopic (exact) mass is 305 g/mol. The molecule has 0 radical (unpaired) electrons. The minimum absolute atomic E-state index is 0.0570. The minimum Gasteiger partial charge on any atom is -0.515 e. The highest BCUT2D eigenvalue weighted by Crippen LogP contribution is 2.33. The Morgan fingerprint density at radius 1 is 1.04 bits per heavy atom. The summed E-state index contributed by atoms with van der Waals surface area (Å²) in [6.07, 6.45) is 1.95. The van der Waals surface area contributed by atoms with Crippen LogP contribution in [0.3, 0.4) is 0 Å². The van der Waals surface area contributed by atoms with Gasteiger partial charge in [-0.2, -0.15) is 0 Å². The number of hydrogen-bond donors (Lipinski definition) is 1. The van der Waals surface area contributed by atoms with Crippen molar-refractivity contribution in [2.75, 3.05) is 0 Å². The summed E-state index contributed by atoms with van der Waals surface area (Å²) in [5.74, 6) is 0.0510. The summed E-state index contributed by atoms with van der Waals surface area (Å²) < 4.78 is 0. The van der Waals surface area contributed by atoms with Gasteiger partial charge in [0.15, 0.2) is 5.78 Å². The van der Waals surface area contributed by atoms with Crippen LogP contribution >= 0.6 is 0 Å². The van der Waals surface area contributed by atoms with Crippen molar-refractivity contribution in [2.24, 2.45) is 4.99 Å². The molecule has 1 fully saturated rings. The molecule has 3 rings (SSSR count). The van der Waals surface area contributed by atoms with Gasteiger partial charge in [0.2, 0.25) is 0 Å². The zero-order valence-electron chi connectivity index (χ0n) is 13.1. The summed E-state index contributed by atoms with van der Waals surface area (Å²) in [6, 6.07) is 17.8. The average Bonchev–Trinajstić information content (AvgIpc) is 2.57. The number of allylic oxidation sites excluding steroid dienone is 1. The van der Waals surface area contributed by atoms with Crippen LogP contribution in [0.5, 0.6) is 0 Å². The summed E-state index contributed by atoms with van der Waals surface area (Å²) in [5, 5.41) is 9.45. The van der Waals surface area contributed by atoms with Gasteiger partial charge in [-0.1, -0.05) is 48.0 Å². The molecule has 0 saturated heterocycles. The fraction of sp³-hybridized carbons (Fsp3) is 0.200. The largest absolute Gasteiger partial charge is 0.515 e. The first-order valence-electron chi connectivity index (χ1n) is 7.74. The summed E-state index contributed by atoms with van der Waals surface area (Å²) >= 11 is 0.